The zero-order valence-electron chi connectivity index (χ0n) is 21.9. The van der Waals surface area contributed by atoms with Crippen molar-refractivity contribution in [1.29, 1.82) is 0 Å². The number of likely N-dealkylation sites (tertiary alicyclic amines) is 1. The minimum absolute atomic E-state index is 0.196. The van der Waals surface area contributed by atoms with Gasteiger partial charge in [0, 0.05) is 50.4 Å². The minimum Gasteiger partial charge on any atom is -0.366 e. The van der Waals surface area contributed by atoms with Gasteiger partial charge in [-0.3, -0.25) is 14.6 Å². The molecule has 8 heteroatoms. The molecule has 0 radical (unpaired) electrons. The van der Waals surface area contributed by atoms with Crippen molar-refractivity contribution in [3.63, 3.8) is 0 Å². The van der Waals surface area contributed by atoms with E-state index in [0.29, 0.717) is 42.0 Å². The van der Waals surface area contributed by atoms with Gasteiger partial charge in [0.15, 0.2) is 5.54 Å². The molecule has 6 rings (SSSR count). The molecule has 0 aliphatic carbocycles. The summed E-state index contributed by atoms with van der Waals surface area (Å²) in [5.74, 6) is -0.531. The van der Waals surface area contributed by atoms with Crippen molar-refractivity contribution >= 4 is 17.4 Å². The lowest BCUT2D eigenvalue weighted by Gasteiger charge is -2.36. The summed E-state index contributed by atoms with van der Waals surface area (Å²) in [6, 6.07) is 19.2. The van der Waals surface area contributed by atoms with Gasteiger partial charge in [-0.1, -0.05) is 37.3 Å². The third-order valence-electron chi connectivity index (χ3n) is 8.32. The van der Waals surface area contributed by atoms with Crippen molar-refractivity contribution in [2.45, 2.75) is 43.8 Å². The van der Waals surface area contributed by atoms with Crippen molar-refractivity contribution in [1.82, 2.24) is 9.80 Å². The summed E-state index contributed by atoms with van der Waals surface area (Å²) in [5.41, 5.74) is 0.684. The van der Waals surface area contributed by atoms with Gasteiger partial charge in [0.05, 0.1) is 0 Å². The van der Waals surface area contributed by atoms with Crippen LogP contribution in [0.2, 0.25) is 0 Å². The second-order valence-corrected chi connectivity index (χ2v) is 10.6. The van der Waals surface area contributed by atoms with Crippen LogP contribution in [0.25, 0.3) is 0 Å². The lowest BCUT2D eigenvalue weighted by Crippen LogP contribution is -2.47. The van der Waals surface area contributed by atoms with E-state index in [4.69, 9.17) is 4.99 Å². The number of carbonyl (C=O) groups is 1. The molecule has 0 saturated carbocycles. The normalized spacial score (nSPS) is 22.2. The quantitative estimate of drug-likeness (QED) is 0.393. The number of nitrogens with zero attached hydrogens (tertiary/aromatic N) is 4. The molecule has 0 aromatic heterocycles. The molecule has 2 unspecified atom stereocenters. The number of benzene rings is 3. The van der Waals surface area contributed by atoms with Crippen LogP contribution >= 0.6 is 0 Å². The summed E-state index contributed by atoms with van der Waals surface area (Å²) in [4.78, 5) is 25.6. The molecule has 39 heavy (non-hydrogen) atoms. The van der Waals surface area contributed by atoms with Crippen LogP contribution < -0.4 is 4.90 Å². The molecule has 3 heterocycles. The molecule has 3 aliphatic heterocycles. The number of halogens is 3. The number of amidine groups is 1. The zero-order chi connectivity index (χ0) is 27.1. The Hall–Kier alpha value is -3.65. The molecule has 2 saturated heterocycles. The van der Waals surface area contributed by atoms with Crippen LogP contribution in [0.1, 0.15) is 37.3 Å². The Kier molecular flexibility index (Phi) is 6.67. The van der Waals surface area contributed by atoms with Crippen LogP contribution in [0, 0.1) is 17.5 Å². The summed E-state index contributed by atoms with van der Waals surface area (Å²) in [7, 11) is 0. The van der Waals surface area contributed by atoms with Gasteiger partial charge in [0.2, 0.25) is 0 Å². The summed E-state index contributed by atoms with van der Waals surface area (Å²) in [6.45, 7) is 5.11. The van der Waals surface area contributed by atoms with Crippen molar-refractivity contribution in [2.75, 3.05) is 31.1 Å². The SMILES string of the molecule is CCC1=NC(c2ccc(F)cc2)(c2ccc(F)cc2)C(=O)N1CCCN1CC2CC1CN2c1cccc(F)c1. The van der Waals surface area contributed by atoms with Crippen LogP contribution in [0.4, 0.5) is 18.9 Å². The Balaban J connectivity index is 1.17. The summed E-state index contributed by atoms with van der Waals surface area (Å²) in [6.07, 6.45) is 2.39. The number of aliphatic imine (C=N–C) groups is 1. The van der Waals surface area contributed by atoms with Crippen LogP contribution in [0.3, 0.4) is 0 Å². The van der Waals surface area contributed by atoms with Crippen LogP contribution in [-0.2, 0) is 10.3 Å². The largest absolute Gasteiger partial charge is 0.366 e. The molecule has 202 valence electrons. The summed E-state index contributed by atoms with van der Waals surface area (Å²) in [5, 5.41) is 0. The molecule has 2 bridgehead atoms. The molecule has 3 aromatic carbocycles. The van der Waals surface area contributed by atoms with E-state index < -0.39 is 17.2 Å². The predicted molar refractivity (Wildman–Crippen MR) is 145 cm³/mol. The first kappa shape index (κ1) is 25.6. The van der Waals surface area contributed by atoms with Gasteiger partial charge in [0.25, 0.3) is 5.91 Å². The third-order valence-corrected chi connectivity index (χ3v) is 8.32. The number of rotatable bonds is 8. The Bertz CT molecular complexity index is 1350. The van der Waals surface area contributed by atoms with Crippen molar-refractivity contribution < 1.29 is 18.0 Å². The van der Waals surface area contributed by atoms with Gasteiger partial charge in [-0.2, -0.15) is 0 Å². The second-order valence-electron chi connectivity index (χ2n) is 10.6. The highest BCUT2D eigenvalue weighted by atomic mass is 19.1. The topological polar surface area (TPSA) is 39.2 Å². The van der Waals surface area contributed by atoms with Crippen molar-refractivity contribution in [2.24, 2.45) is 4.99 Å². The average molecular weight is 533 g/mol. The lowest BCUT2D eigenvalue weighted by molar-refractivity contribution is -0.130. The summed E-state index contributed by atoms with van der Waals surface area (Å²) >= 11 is 0. The maximum atomic E-state index is 14.1. The fraction of sp³-hybridized carbons (Fsp3) is 0.355. The lowest BCUT2D eigenvalue weighted by atomic mass is 9.82. The molecule has 2 fully saturated rings. The Morgan fingerprint density at radius 2 is 1.51 bits per heavy atom. The standard InChI is InChI=1S/C31H31F3N4O/c1-2-29-35-31(21-7-11-23(32)12-8-21,22-9-13-24(33)14-10-22)30(39)37(29)16-4-15-36-19-28-18-27(36)20-38(28)26-6-3-5-25(34)17-26/h3,5-14,17,27-28H,2,4,15-16,18-20H2,1H3. The Morgan fingerprint density at radius 1 is 0.846 bits per heavy atom. The first-order valence-corrected chi connectivity index (χ1v) is 13.6. The molecule has 0 spiro atoms. The number of hydrogen-bond acceptors (Lipinski definition) is 4. The van der Waals surface area contributed by atoms with E-state index in [1.165, 1.54) is 30.3 Å². The van der Waals surface area contributed by atoms with E-state index in [0.717, 1.165) is 38.2 Å². The van der Waals surface area contributed by atoms with E-state index in [9.17, 15) is 18.0 Å². The van der Waals surface area contributed by atoms with Crippen LogP contribution in [-0.4, -0.2) is 59.8 Å². The monoisotopic (exact) mass is 532 g/mol. The third kappa shape index (κ3) is 4.50. The maximum absolute atomic E-state index is 14.1. The maximum Gasteiger partial charge on any atom is 0.265 e. The average Bonchev–Trinajstić information content (AvgIpc) is 3.62. The van der Waals surface area contributed by atoms with Crippen molar-refractivity contribution in [3.8, 4) is 0 Å². The number of piperazine rings is 1. The Labute approximate surface area is 226 Å². The number of amides is 1. The molecular weight excluding hydrogens is 501 g/mol. The number of anilines is 1. The molecule has 3 aromatic rings. The molecule has 0 N–H and O–H groups in total. The van der Waals surface area contributed by atoms with Gasteiger partial charge in [0.1, 0.15) is 23.3 Å². The van der Waals surface area contributed by atoms with Gasteiger partial charge >= 0.3 is 0 Å². The molecule has 3 aliphatic rings. The minimum atomic E-state index is -1.37. The highest BCUT2D eigenvalue weighted by Gasteiger charge is 2.50. The Morgan fingerprint density at radius 3 is 2.08 bits per heavy atom. The van der Waals surface area contributed by atoms with E-state index >= 15 is 0 Å². The van der Waals surface area contributed by atoms with Gasteiger partial charge in [-0.25, -0.2) is 18.2 Å². The van der Waals surface area contributed by atoms with E-state index in [-0.39, 0.29) is 11.7 Å². The van der Waals surface area contributed by atoms with Crippen LogP contribution in [0.5, 0.6) is 0 Å². The fourth-order valence-corrected chi connectivity index (χ4v) is 6.47. The zero-order valence-corrected chi connectivity index (χ0v) is 21.9. The van der Waals surface area contributed by atoms with E-state index in [2.05, 4.69) is 9.80 Å². The molecule has 1 amide bonds. The first-order chi connectivity index (χ1) is 18.9. The first-order valence-electron chi connectivity index (χ1n) is 13.6. The fourth-order valence-electron chi connectivity index (χ4n) is 6.47. The number of carbonyl (C=O) groups excluding carboxylic acids is 1. The molecule has 2 atom stereocenters. The molecular formula is C31H31F3N4O. The predicted octanol–water partition coefficient (Wildman–Crippen LogP) is 5.35. The molecule has 5 nitrogen and oxygen atoms in total. The smallest absolute Gasteiger partial charge is 0.265 e. The number of fused-ring (bicyclic) bond motifs is 2. The highest BCUT2D eigenvalue weighted by Crippen LogP contribution is 2.41. The second kappa shape index (κ2) is 10.2. The highest BCUT2D eigenvalue weighted by molar-refractivity contribution is 6.10. The van der Waals surface area contributed by atoms with Crippen LogP contribution in [0.15, 0.2) is 77.8 Å². The number of hydrogen-bond donors (Lipinski definition) is 0. The van der Waals surface area contributed by atoms with Gasteiger partial charge in [-0.05, 0) is 66.4 Å². The van der Waals surface area contributed by atoms with Crippen molar-refractivity contribution in [3.05, 3.63) is 101 Å². The van der Waals surface area contributed by atoms with Gasteiger partial charge < -0.3 is 4.90 Å². The summed E-state index contributed by atoms with van der Waals surface area (Å²) < 4.78 is 41.3. The van der Waals surface area contributed by atoms with Gasteiger partial charge in [-0.15, -0.1) is 0 Å². The van der Waals surface area contributed by atoms with E-state index in [1.54, 1.807) is 41.3 Å². The van der Waals surface area contributed by atoms with E-state index in [1.807, 2.05) is 13.0 Å².